The Labute approximate surface area is 137 Å². The summed E-state index contributed by atoms with van der Waals surface area (Å²) in [6.45, 7) is 6.20. The van der Waals surface area contributed by atoms with Crippen molar-refractivity contribution in [1.29, 1.82) is 0 Å². The highest BCUT2D eigenvalue weighted by atomic mass is 16.2. The second-order valence-corrected chi connectivity index (χ2v) is 5.48. The van der Waals surface area contributed by atoms with Gasteiger partial charge in [0.15, 0.2) is 0 Å². The van der Waals surface area contributed by atoms with Crippen molar-refractivity contribution in [3.63, 3.8) is 0 Å². The van der Waals surface area contributed by atoms with Crippen molar-refractivity contribution in [2.24, 2.45) is 0 Å². The average Bonchev–Trinajstić information content (AvgIpc) is 2.92. The summed E-state index contributed by atoms with van der Waals surface area (Å²) in [6.07, 6.45) is 2.73. The standard InChI is InChI=1S/C17H25N5O/c1-4-22-13-16(14(2)20-22)19-17(23)18-11-8-12-21(3)15-9-6-5-7-10-15/h5-7,9-10,13H,4,8,11-12H2,1-3H3,(H2,18,19,23). The molecule has 0 unspecified atom stereocenters. The Bertz CT molecular complexity index is 623. The van der Waals surface area contributed by atoms with E-state index < -0.39 is 0 Å². The maximum Gasteiger partial charge on any atom is 0.319 e. The van der Waals surface area contributed by atoms with Crippen molar-refractivity contribution >= 4 is 17.4 Å². The molecule has 0 aliphatic rings. The molecule has 2 amide bonds. The third-order valence-electron chi connectivity index (χ3n) is 3.67. The number of urea groups is 1. The minimum Gasteiger partial charge on any atom is -0.375 e. The van der Waals surface area contributed by atoms with Crippen LogP contribution in [0.15, 0.2) is 36.5 Å². The number of para-hydroxylation sites is 1. The van der Waals surface area contributed by atoms with Gasteiger partial charge in [-0.1, -0.05) is 18.2 Å². The molecule has 0 spiro atoms. The third kappa shape index (κ3) is 5.02. The Kier molecular flexibility index (Phi) is 6.02. The fourth-order valence-corrected chi connectivity index (χ4v) is 2.30. The lowest BCUT2D eigenvalue weighted by molar-refractivity contribution is 0.252. The molecule has 2 aromatic rings. The Morgan fingerprint density at radius 1 is 1.30 bits per heavy atom. The van der Waals surface area contributed by atoms with Crippen molar-refractivity contribution in [1.82, 2.24) is 15.1 Å². The van der Waals surface area contributed by atoms with Gasteiger partial charge in [0.2, 0.25) is 0 Å². The zero-order chi connectivity index (χ0) is 16.7. The number of benzene rings is 1. The molecule has 0 aliphatic heterocycles. The zero-order valence-electron chi connectivity index (χ0n) is 14.0. The van der Waals surface area contributed by atoms with E-state index in [9.17, 15) is 4.79 Å². The van der Waals surface area contributed by atoms with Crippen LogP contribution in [0.25, 0.3) is 0 Å². The van der Waals surface area contributed by atoms with Crippen LogP contribution in [0.3, 0.4) is 0 Å². The Balaban J connectivity index is 1.69. The van der Waals surface area contributed by atoms with Crippen LogP contribution in [0, 0.1) is 6.92 Å². The van der Waals surface area contributed by atoms with Gasteiger partial charge in [0, 0.05) is 38.6 Å². The molecule has 0 aliphatic carbocycles. The normalized spacial score (nSPS) is 10.4. The molecular formula is C17H25N5O. The monoisotopic (exact) mass is 315 g/mol. The van der Waals surface area contributed by atoms with Crippen LogP contribution in [-0.2, 0) is 6.54 Å². The topological polar surface area (TPSA) is 62.2 Å². The van der Waals surface area contributed by atoms with E-state index in [4.69, 9.17) is 0 Å². The fraction of sp³-hybridized carbons (Fsp3) is 0.412. The first-order chi connectivity index (χ1) is 11.1. The van der Waals surface area contributed by atoms with E-state index in [-0.39, 0.29) is 6.03 Å². The Morgan fingerprint density at radius 2 is 2.04 bits per heavy atom. The SMILES string of the molecule is CCn1cc(NC(=O)NCCCN(C)c2ccccc2)c(C)n1. The van der Waals surface area contributed by atoms with E-state index in [0.29, 0.717) is 6.54 Å². The number of aryl methyl sites for hydroxylation is 2. The van der Waals surface area contributed by atoms with Gasteiger partial charge in [-0.3, -0.25) is 4.68 Å². The molecule has 6 nitrogen and oxygen atoms in total. The summed E-state index contributed by atoms with van der Waals surface area (Å²) >= 11 is 0. The van der Waals surface area contributed by atoms with E-state index in [1.54, 1.807) is 4.68 Å². The van der Waals surface area contributed by atoms with Gasteiger partial charge in [-0.2, -0.15) is 5.10 Å². The van der Waals surface area contributed by atoms with Crippen LogP contribution in [0.5, 0.6) is 0 Å². The maximum absolute atomic E-state index is 11.9. The molecule has 1 aromatic heterocycles. The average molecular weight is 315 g/mol. The van der Waals surface area contributed by atoms with Gasteiger partial charge < -0.3 is 15.5 Å². The van der Waals surface area contributed by atoms with Crippen molar-refractivity contribution in [3.05, 3.63) is 42.2 Å². The number of anilines is 2. The highest BCUT2D eigenvalue weighted by molar-refractivity contribution is 5.89. The van der Waals surface area contributed by atoms with Gasteiger partial charge in [-0.05, 0) is 32.4 Å². The van der Waals surface area contributed by atoms with Gasteiger partial charge in [-0.25, -0.2) is 4.79 Å². The number of hydrogen-bond acceptors (Lipinski definition) is 3. The fourth-order valence-electron chi connectivity index (χ4n) is 2.30. The predicted molar refractivity (Wildman–Crippen MR) is 94.0 cm³/mol. The number of nitrogens with zero attached hydrogens (tertiary/aromatic N) is 3. The van der Waals surface area contributed by atoms with Crippen molar-refractivity contribution < 1.29 is 4.79 Å². The largest absolute Gasteiger partial charge is 0.375 e. The summed E-state index contributed by atoms with van der Waals surface area (Å²) < 4.78 is 1.81. The minimum atomic E-state index is -0.189. The van der Waals surface area contributed by atoms with Crippen molar-refractivity contribution in [3.8, 4) is 0 Å². The summed E-state index contributed by atoms with van der Waals surface area (Å²) in [5, 5.41) is 10.0. The summed E-state index contributed by atoms with van der Waals surface area (Å²) in [6, 6.07) is 10.0. The molecule has 124 valence electrons. The van der Waals surface area contributed by atoms with Gasteiger partial charge in [0.25, 0.3) is 0 Å². The van der Waals surface area contributed by atoms with E-state index in [0.717, 1.165) is 30.9 Å². The summed E-state index contributed by atoms with van der Waals surface area (Å²) in [4.78, 5) is 14.1. The molecule has 1 aromatic carbocycles. The number of amides is 2. The quantitative estimate of drug-likeness (QED) is 0.772. The molecule has 1 heterocycles. The Morgan fingerprint density at radius 3 is 2.70 bits per heavy atom. The lowest BCUT2D eigenvalue weighted by Gasteiger charge is -2.19. The highest BCUT2D eigenvalue weighted by Crippen LogP contribution is 2.12. The van der Waals surface area contributed by atoms with E-state index in [2.05, 4.69) is 39.8 Å². The van der Waals surface area contributed by atoms with Gasteiger partial charge in [0.1, 0.15) is 0 Å². The summed E-state index contributed by atoms with van der Waals surface area (Å²) in [7, 11) is 2.05. The van der Waals surface area contributed by atoms with Crippen LogP contribution in [0.4, 0.5) is 16.2 Å². The summed E-state index contributed by atoms with van der Waals surface area (Å²) in [5.41, 5.74) is 2.76. The number of hydrogen-bond donors (Lipinski definition) is 2. The molecule has 0 fully saturated rings. The van der Waals surface area contributed by atoms with Crippen LogP contribution in [0.1, 0.15) is 19.0 Å². The molecule has 2 rings (SSSR count). The van der Waals surface area contributed by atoms with E-state index >= 15 is 0 Å². The highest BCUT2D eigenvalue weighted by Gasteiger charge is 2.07. The maximum atomic E-state index is 11.9. The number of aromatic nitrogens is 2. The van der Waals surface area contributed by atoms with Crippen molar-refractivity contribution in [2.45, 2.75) is 26.8 Å². The first kappa shape index (κ1) is 16.9. The molecule has 0 atom stereocenters. The first-order valence-electron chi connectivity index (χ1n) is 7.95. The molecule has 0 saturated heterocycles. The van der Waals surface area contributed by atoms with E-state index in [1.165, 1.54) is 5.69 Å². The smallest absolute Gasteiger partial charge is 0.319 e. The van der Waals surface area contributed by atoms with Crippen LogP contribution >= 0.6 is 0 Å². The lowest BCUT2D eigenvalue weighted by Crippen LogP contribution is -2.31. The van der Waals surface area contributed by atoms with Gasteiger partial charge in [-0.15, -0.1) is 0 Å². The molecule has 23 heavy (non-hydrogen) atoms. The number of nitrogens with one attached hydrogen (secondary N) is 2. The second kappa shape index (κ2) is 8.22. The zero-order valence-corrected chi connectivity index (χ0v) is 14.0. The van der Waals surface area contributed by atoms with Crippen LogP contribution in [0.2, 0.25) is 0 Å². The second-order valence-electron chi connectivity index (χ2n) is 5.48. The van der Waals surface area contributed by atoms with Gasteiger partial charge in [0.05, 0.1) is 11.4 Å². The number of carbonyl (C=O) groups is 1. The molecule has 0 radical (unpaired) electrons. The minimum absolute atomic E-state index is 0.189. The molecule has 0 saturated carbocycles. The van der Waals surface area contributed by atoms with Gasteiger partial charge >= 0.3 is 6.03 Å². The Hall–Kier alpha value is -2.50. The van der Waals surface area contributed by atoms with Crippen molar-refractivity contribution in [2.75, 3.05) is 30.4 Å². The number of rotatable bonds is 7. The third-order valence-corrected chi connectivity index (χ3v) is 3.67. The number of carbonyl (C=O) groups excluding carboxylic acids is 1. The molecule has 0 bridgehead atoms. The van der Waals surface area contributed by atoms with Crippen LogP contribution in [-0.4, -0.2) is 35.9 Å². The first-order valence-corrected chi connectivity index (χ1v) is 7.95. The predicted octanol–water partition coefficient (Wildman–Crippen LogP) is 2.86. The summed E-state index contributed by atoms with van der Waals surface area (Å²) in [5.74, 6) is 0. The van der Waals surface area contributed by atoms with E-state index in [1.807, 2.05) is 38.2 Å². The molecule has 6 heteroatoms. The molecule has 2 N–H and O–H groups in total. The van der Waals surface area contributed by atoms with Crippen LogP contribution < -0.4 is 15.5 Å². The lowest BCUT2D eigenvalue weighted by atomic mass is 10.3. The molecular weight excluding hydrogens is 290 g/mol.